The molecule has 0 saturated carbocycles. The van der Waals surface area contributed by atoms with E-state index in [9.17, 15) is 19.2 Å². The molecule has 2 heterocycles. The van der Waals surface area contributed by atoms with Crippen LogP contribution in [0.4, 0.5) is 5.69 Å². The number of anilines is 1. The van der Waals surface area contributed by atoms with Crippen LogP contribution in [-0.4, -0.2) is 20.9 Å². The number of amides is 2. The Kier molecular flexibility index (Phi) is 6.72. The Balaban J connectivity index is 1.56. The van der Waals surface area contributed by atoms with Gasteiger partial charge in [0.2, 0.25) is 11.8 Å². The minimum Gasteiger partial charge on any atom is -0.467 e. The number of nitrogens with zero attached hydrogens (tertiary/aromatic N) is 2. The van der Waals surface area contributed by atoms with Crippen molar-refractivity contribution < 1.29 is 14.0 Å². The summed E-state index contributed by atoms with van der Waals surface area (Å²) in [6, 6.07) is 17.4. The van der Waals surface area contributed by atoms with E-state index >= 15 is 0 Å². The van der Waals surface area contributed by atoms with Crippen molar-refractivity contribution in [3.8, 4) is 0 Å². The number of aryl methyl sites for hydroxylation is 1. The van der Waals surface area contributed by atoms with Gasteiger partial charge in [-0.25, -0.2) is 4.79 Å². The lowest BCUT2D eigenvalue weighted by molar-refractivity contribution is -0.121. The van der Waals surface area contributed by atoms with Gasteiger partial charge in [-0.05, 0) is 48.9 Å². The van der Waals surface area contributed by atoms with Crippen LogP contribution in [0.3, 0.4) is 0 Å². The first-order valence-electron chi connectivity index (χ1n) is 10.8. The molecule has 0 atom stereocenters. The number of fused-ring (bicyclic) bond motifs is 1. The van der Waals surface area contributed by atoms with Crippen molar-refractivity contribution in [1.29, 1.82) is 0 Å². The van der Waals surface area contributed by atoms with E-state index < -0.39 is 17.2 Å². The molecule has 0 unspecified atom stereocenters. The number of carbonyl (C=O) groups is 2. The predicted octanol–water partition coefficient (Wildman–Crippen LogP) is 2.41. The second-order valence-corrected chi connectivity index (χ2v) is 7.87. The second kappa shape index (κ2) is 10.0. The van der Waals surface area contributed by atoms with Gasteiger partial charge in [0.1, 0.15) is 12.3 Å². The summed E-state index contributed by atoms with van der Waals surface area (Å²) < 4.78 is 7.42. The molecule has 0 spiro atoms. The smallest absolute Gasteiger partial charge is 0.331 e. The molecule has 0 aliphatic heterocycles. The van der Waals surface area contributed by atoms with Crippen LogP contribution in [0.25, 0.3) is 10.9 Å². The summed E-state index contributed by atoms with van der Waals surface area (Å²) in [6.45, 7) is 1.72. The molecule has 4 aromatic rings. The normalized spacial score (nSPS) is 10.9. The Bertz CT molecular complexity index is 1450. The van der Waals surface area contributed by atoms with E-state index in [1.54, 1.807) is 42.5 Å². The second-order valence-electron chi connectivity index (χ2n) is 7.87. The molecule has 4 rings (SSSR count). The zero-order chi connectivity index (χ0) is 24.1. The molecule has 0 bridgehead atoms. The summed E-state index contributed by atoms with van der Waals surface area (Å²) in [6.07, 6.45) is 1.43. The minimum absolute atomic E-state index is 0.0797. The number of para-hydroxylation sites is 1. The van der Waals surface area contributed by atoms with Gasteiger partial charge in [0, 0.05) is 18.7 Å². The fraction of sp³-hybridized carbons (Fsp3) is 0.200. The van der Waals surface area contributed by atoms with Crippen molar-refractivity contribution in [3.05, 3.63) is 99.1 Å². The first kappa shape index (κ1) is 22.8. The zero-order valence-electron chi connectivity index (χ0n) is 18.6. The maximum Gasteiger partial charge on any atom is 0.331 e. The van der Waals surface area contributed by atoms with E-state index in [-0.39, 0.29) is 32.0 Å². The number of nitrogens with one attached hydrogen (secondary N) is 2. The Hall–Kier alpha value is -4.40. The lowest BCUT2D eigenvalue weighted by Crippen LogP contribution is -2.42. The number of furan rings is 1. The van der Waals surface area contributed by atoms with Crippen LogP contribution in [0, 0.1) is 6.92 Å². The monoisotopic (exact) mass is 460 g/mol. The lowest BCUT2D eigenvalue weighted by Gasteiger charge is -2.14. The molecule has 34 heavy (non-hydrogen) atoms. The third kappa shape index (κ3) is 5.15. The molecular weight excluding hydrogens is 436 g/mol. The van der Waals surface area contributed by atoms with Crippen LogP contribution >= 0.6 is 0 Å². The Morgan fingerprint density at radius 2 is 1.76 bits per heavy atom. The van der Waals surface area contributed by atoms with E-state index in [1.807, 2.05) is 25.1 Å². The average molecular weight is 460 g/mol. The van der Waals surface area contributed by atoms with Gasteiger partial charge in [0.15, 0.2) is 0 Å². The molecule has 2 N–H and O–H groups in total. The standard InChI is InChI=1S/C25H24N4O5/c1-17-6-4-7-18(14-17)27-23(31)16-29-21-10-3-2-9-20(21)24(32)28(25(29)33)12-11-22(30)26-15-19-8-5-13-34-19/h2-10,13-14H,11-12,15-16H2,1H3,(H,26,30)(H,27,31). The molecule has 174 valence electrons. The van der Waals surface area contributed by atoms with Crippen LogP contribution < -0.4 is 21.9 Å². The molecule has 0 fully saturated rings. The fourth-order valence-electron chi connectivity index (χ4n) is 3.69. The fourth-order valence-corrected chi connectivity index (χ4v) is 3.69. The van der Waals surface area contributed by atoms with E-state index in [0.717, 1.165) is 10.1 Å². The van der Waals surface area contributed by atoms with Gasteiger partial charge in [-0.2, -0.15) is 0 Å². The molecule has 2 aromatic carbocycles. The van der Waals surface area contributed by atoms with Crippen LogP contribution in [0.15, 0.2) is 80.9 Å². The average Bonchev–Trinajstić information content (AvgIpc) is 3.34. The van der Waals surface area contributed by atoms with Crippen molar-refractivity contribution in [1.82, 2.24) is 14.5 Å². The summed E-state index contributed by atoms with van der Waals surface area (Å²) in [7, 11) is 0. The minimum atomic E-state index is -0.651. The molecule has 0 aliphatic rings. The van der Waals surface area contributed by atoms with Gasteiger partial charge in [0.05, 0.1) is 23.7 Å². The van der Waals surface area contributed by atoms with Crippen LogP contribution in [0.5, 0.6) is 0 Å². The number of carbonyl (C=O) groups excluding carboxylic acids is 2. The Morgan fingerprint density at radius 3 is 2.53 bits per heavy atom. The maximum atomic E-state index is 13.2. The Morgan fingerprint density at radius 1 is 0.941 bits per heavy atom. The third-order valence-corrected chi connectivity index (χ3v) is 5.34. The van der Waals surface area contributed by atoms with Crippen molar-refractivity contribution >= 4 is 28.4 Å². The highest BCUT2D eigenvalue weighted by Gasteiger charge is 2.16. The molecule has 2 aromatic heterocycles. The number of rotatable bonds is 8. The SMILES string of the molecule is Cc1cccc(NC(=O)Cn2c(=O)n(CCC(=O)NCc3ccco3)c(=O)c3ccccc32)c1. The van der Waals surface area contributed by atoms with Crippen molar-refractivity contribution in [2.45, 2.75) is 33.0 Å². The molecule has 0 radical (unpaired) electrons. The lowest BCUT2D eigenvalue weighted by atomic mass is 10.2. The predicted molar refractivity (Wildman–Crippen MR) is 127 cm³/mol. The summed E-state index contributed by atoms with van der Waals surface area (Å²) in [5.41, 5.74) is 0.801. The topological polar surface area (TPSA) is 115 Å². The van der Waals surface area contributed by atoms with E-state index in [4.69, 9.17) is 4.42 Å². The van der Waals surface area contributed by atoms with Gasteiger partial charge in [0.25, 0.3) is 5.56 Å². The molecule has 9 heteroatoms. The van der Waals surface area contributed by atoms with Crippen molar-refractivity contribution in [3.63, 3.8) is 0 Å². The van der Waals surface area contributed by atoms with Crippen molar-refractivity contribution in [2.24, 2.45) is 0 Å². The summed E-state index contributed by atoms with van der Waals surface area (Å²) in [5.74, 6) is -0.142. The van der Waals surface area contributed by atoms with Crippen LogP contribution in [-0.2, 0) is 29.2 Å². The highest BCUT2D eigenvalue weighted by atomic mass is 16.3. The van der Waals surface area contributed by atoms with Gasteiger partial charge < -0.3 is 15.1 Å². The quantitative estimate of drug-likeness (QED) is 0.419. The number of benzene rings is 2. The van der Waals surface area contributed by atoms with Crippen LogP contribution in [0.2, 0.25) is 0 Å². The van der Waals surface area contributed by atoms with Gasteiger partial charge in [-0.15, -0.1) is 0 Å². The first-order valence-corrected chi connectivity index (χ1v) is 10.8. The number of aromatic nitrogens is 2. The van der Waals surface area contributed by atoms with Gasteiger partial charge in [-0.3, -0.25) is 23.5 Å². The number of hydrogen-bond donors (Lipinski definition) is 2. The molecule has 9 nitrogen and oxygen atoms in total. The van der Waals surface area contributed by atoms with Gasteiger partial charge in [-0.1, -0.05) is 24.3 Å². The highest BCUT2D eigenvalue weighted by molar-refractivity contribution is 5.91. The third-order valence-electron chi connectivity index (χ3n) is 5.34. The summed E-state index contributed by atoms with van der Waals surface area (Å²) in [5, 5.41) is 5.76. The molecule has 2 amide bonds. The van der Waals surface area contributed by atoms with Crippen LogP contribution in [0.1, 0.15) is 17.7 Å². The van der Waals surface area contributed by atoms with Gasteiger partial charge >= 0.3 is 5.69 Å². The van der Waals surface area contributed by atoms with E-state index in [2.05, 4.69) is 10.6 Å². The number of hydrogen-bond acceptors (Lipinski definition) is 5. The zero-order valence-corrected chi connectivity index (χ0v) is 18.6. The summed E-state index contributed by atoms with van der Waals surface area (Å²) in [4.78, 5) is 51.1. The Labute approximate surface area is 194 Å². The molecular formula is C25H24N4O5. The van der Waals surface area contributed by atoms with Crippen molar-refractivity contribution in [2.75, 3.05) is 5.32 Å². The van der Waals surface area contributed by atoms with E-state index in [1.165, 1.54) is 10.8 Å². The highest BCUT2D eigenvalue weighted by Crippen LogP contribution is 2.11. The molecule has 0 saturated heterocycles. The first-order chi connectivity index (χ1) is 16.4. The van der Waals surface area contributed by atoms with E-state index in [0.29, 0.717) is 22.4 Å². The summed E-state index contributed by atoms with van der Waals surface area (Å²) >= 11 is 0. The molecule has 0 aliphatic carbocycles. The largest absolute Gasteiger partial charge is 0.467 e. The maximum absolute atomic E-state index is 13.2.